The van der Waals surface area contributed by atoms with E-state index in [1.807, 2.05) is 54.8 Å². The van der Waals surface area contributed by atoms with Crippen molar-refractivity contribution in [3.05, 3.63) is 53.5 Å². The van der Waals surface area contributed by atoms with Crippen LogP contribution in [-0.2, 0) is 20.7 Å². The van der Waals surface area contributed by atoms with E-state index in [1.54, 1.807) is 6.92 Å². The molecule has 0 unspecified atom stereocenters. The quantitative estimate of drug-likeness (QED) is 0.466. The third-order valence-corrected chi connectivity index (χ3v) is 5.98. The van der Waals surface area contributed by atoms with Crippen molar-refractivity contribution in [2.45, 2.75) is 29.9 Å². The summed E-state index contributed by atoms with van der Waals surface area (Å²) in [6, 6.07) is 13.8. The predicted molar refractivity (Wildman–Crippen MR) is 110 cm³/mol. The van der Waals surface area contributed by atoms with Gasteiger partial charge in [0.2, 0.25) is 5.91 Å². The number of carbonyl (C=O) groups excluding carboxylic acids is 2. The Balaban J connectivity index is 1.62. The molecule has 0 aliphatic carbocycles. The fourth-order valence-corrected chi connectivity index (χ4v) is 4.54. The maximum absolute atomic E-state index is 12.6. The number of esters is 1. The Kier molecular flexibility index (Phi) is 6.47. The fourth-order valence-electron chi connectivity index (χ4n) is 2.56. The van der Waals surface area contributed by atoms with Crippen LogP contribution < -0.4 is 5.32 Å². The number of thioether (sulfide) groups is 1. The van der Waals surface area contributed by atoms with E-state index in [-0.39, 0.29) is 23.5 Å². The number of amides is 1. The van der Waals surface area contributed by atoms with Crippen molar-refractivity contribution in [1.82, 2.24) is 4.98 Å². The highest BCUT2D eigenvalue weighted by atomic mass is 32.2. The van der Waals surface area contributed by atoms with Gasteiger partial charge in [-0.1, -0.05) is 48.2 Å². The lowest BCUT2D eigenvalue weighted by molar-refractivity contribution is -0.142. The van der Waals surface area contributed by atoms with Gasteiger partial charge in [-0.3, -0.25) is 9.59 Å². The lowest BCUT2D eigenvalue weighted by Crippen LogP contribution is -2.22. The number of hydrogen-bond donors (Lipinski definition) is 1. The van der Waals surface area contributed by atoms with Gasteiger partial charge in [-0.05, 0) is 25.3 Å². The van der Waals surface area contributed by atoms with Crippen molar-refractivity contribution in [3.8, 4) is 0 Å². The lowest BCUT2D eigenvalue weighted by Gasteiger charge is -2.12. The summed E-state index contributed by atoms with van der Waals surface area (Å²) >= 11 is 2.81. The minimum absolute atomic E-state index is 0.0847. The molecule has 0 saturated heterocycles. The van der Waals surface area contributed by atoms with E-state index >= 15 is 0 Å². The molecular weight excluding hydrogens is 380 g/mol. The number of nitrogens with zero attached hydrogens (tertiary/aromatic N) is 1. The first-order chi connectivity index (χ1) is 13.1. The number of nitrogens with one attached hydrogen (secondary N) is 1. The largest absolute Gasteiger partial charge is 0.466 e. The first-order valence-electron chi connectivity index (χ1n) is 8.62. The van der Waals surface area contributed by atoms with E-state index < -0.39 is 0 Å². The van der Waals surface area contributed by atoms with Gasteiger partial charge in [0, 0.05) is 16.5 Å². The highest BCUT2D eigenvalue weighted by Crippen LogP contribution is 2.29. The summed E-state index contributed by atoms with van der Waals surface area (Å²) in [5.41, 5.74) is 1.47. The second kappa shape index (κ2) is 9.01. The highest BCUT2D eigenvalue weighted by Gasteiger charge is 2.18. The molecule has 0 radical (unpaired) electrons. The lowest BCUT2D eigenvalue weighted by atomic mass is 10.1. The molecule has 0 bridgehead atoms. The number of thiazole rings is 1. The summed E-state index contributed by atoms with van der Waals surface area (Å²) in [5, 5.41) is 6.61. The third-order valence-electron chi connectivity index (χ3n) is 3.86. The molecular formula is C20H20N2O3S2. The van der Waals surface area contributed by atoms with Crippen LogP contribution in [0.15, 0.2) is 52.2 Å². The number of benzene rings is 2. The Labute approximate surface area is 166 Å². The van der Waals surface area contributed by atoms with Crippen molar-refractivity contribution in [2.75, 3.05) is 11.9 Å². The average molecular weight is 401 g/mol. The number of rotatable bonds is 7. The van der Waals surface area contributed by atoms with Gasteiger partial charge in [0.15, 0.2) is 4.34 Å². The van der Waals surface area contributed by atoms with E-state index in [1.165, 1.54) is 23.1 Å². The number of carbonyl (C=O) groups is 2. The van der Waals surface area contributed by atoms with Gasteiger partial charge in [0.25, 0.3) is 0 Å². The van der Waals surface area contributed by atoms with Gasteiger partial charge in [-0.25, -0.2) is 4.98 Å². The summed E-state index contributed by atoms with van der Waals surface area (Å²) in [6.45, 7) is 3.98. The number of fused-ring (bicyclic) bond motifs is 1. The molecule has 0 aliphatic heterocycles. The second-order valence-electron chi connectivity index (χ2n) is 5.86. The Morgan fingerprint density at radius 1 is 1.22 bits per heavy atom. The van der Waals surface area contributed by atoms with Crippen LogP contribution in [-0.4, -0.2) is 28.7 Å². The summed E-state index contributed by atoms with van der Waals surface area (Å²) in [4.78, 5) is 28.5. The molecule has 0 fully saturated rings. The van der Waals surface area contributed by atoms with Crippen LogP contribution in [0.25, 0.3) is 10.8 Å². The minimum atomic E-state index is -0.314. The summed E-state index contributed by atoms with van der Waals surface area (Å²) in [5.74, 6) is -0.375. The van der Waals surface area contributed by atoms with Gasteiger partial charge >= 0.3 is 5.97 Å². The van der Waals surface area contributed by atoms with Crippen LogP contribution in [0.3, 0.4) is 0 Å². The van der Waals surface area contributed by atoms with Crippen molar-refractivity contribution >= 4 is 51.4 Å². The van der Waals surface area contributed by atoms with Gasteiger partial charge in [0.1, 0.15) is 0 Å². The molecule has 2 aromatic carbocycles. The molecule has 140 valence electrons. The topological polar surface area (TPSA) is 68.3 Å². The molecule has 0 aliphatic rings. The van der Waals surface area contributed by atoms with E-state index in [4.69, 9.17) is 4.74 Å². The number of anilines is 1. The fraction of sp³-hybridized carbons (Fsp3) is 0.250. The molecule has 1 N–H and O–H groups in total. The smallest absolute Gasteiger partial charge is 0.311 e. The minimum Gasteiger partial charge on any atom is -0.466 e. The second-order valence-corrected chi connectivity index (χ2v) is 8.31. The molecule has 3 rings (SSSR count). The molecule has 1 amide bonds. The standard InChI is InChI=1S/C20H20N2O3S2/c1-3-25-18(23)11-15-12-26-20(21-15)27-13(2)19(24)22-17-10-6-8-14-7-4-5-9-16(14)17/h4-10,12-13H,3,11H2,1-2H3,(H,22,24)/t13-/m0/s1. The average Bonchev–Trinajstić information content (AvgIpc) is 3.08. The summed E-state index contributed by atoms with van der Waals surface area (Å²) in [6.07, 6.45) is 0.154. The first kappa shape index (κ1) is 19.4. The monoisotopic (exact) mass is 400 g/mol. The van der Waals surface area contributed by atoms with Crippen molar-refractivity contribution in [2.24, 2.45) is 0 Å². The van der Waals surface area contributed by atoms with E-state index in [9.17, 15) is 9.59 Å². The third kappa shape index (κ3) is 5.08. The van der Waals surface area contributed by atoms with E-state index in [0.717, 1.165) is 20.8 Å². The van der Waals surface area contributed by atoms with Crippen LogP contribution in [0.1, 0.15) is 19.5 Å². The predicted octanol–water partition coefficient (Wildman–Crippen LogP) is 4.52. The Morgan fingerprint density at radius 2 is 2.00 bits per heavy atom. The normalized spacial score (nSPS) is 11.9. The van der Waals surface area contributed by atoms with Crippen LogP contribution in [0.2, 0.25) is 0 Å². The summed E-state index contributed by atoms with van der Waals surface area (Å²) < 4.78 is 5.69. The molecule has 0 spiro atoms. The molecule has 3 aromatic rings. The van der Waals surface area contributed by atoms with E-state index in [2.05, 4.69) is 10.3 Å². The van der Waals surface area contributed by atoms with Gasteiger partial charge in [-0.2, -0.15) is 0 Å². The molecule has 1 atom stereocenters. The molecule has 7 heteroatoms. The first-order valence-corrected chi connectivity index (χ1v) is 10.4. The number of aromatic nitrogens is 1. The zero-order chi connectivity index (χ0) is 19.2. The Hall–Kier alpha value is -2.38. The van der Waals surface area contributed by atoms with Gasteiger partial charge < -0.3 is 10.1 Å². The highest BCUT2D eigenvalue weighted by molar-refractivity contribution is 8.02. The SMILES string of the molecule is CCOC(=O)Cc1csc(S[C@@H](C)C(=O)Nc2cccc3ccccc23)n1. The van der Waals surface area contributed by atoms with E-state index in [0.29, 0.717) is 12.3 Å². The van der Waals surface area contributed by atoms with Crippen molar-refractivity contribution in [1.29, 1.82) is 0 Å². The maximum Gasteiger partial charge on any atom is 0.311 e. The van der Waals surface area contributed by atoms with Gasteiger partial charge in [0.05, 0.1) is 24.0 Å². The van der Waals surface area contributed by atoms with Crippen molar-refractivity contribution in [3.63, 3.8) is 0 Å². The molecule has 1 heterocycles. The zero-order valence-corrected chi connectivity index (χ0v) is 16.7. The molecule has 27 heavy (non-hydrogen) atoms. The number of hydrogen-bond acceptors (Lipinski definition) is 6. The van der Waals surface area contributed by atoms with Crippen molar-refractivity contribution < 1.29 is 14.3 Å². The van der Waals surface area contributed by atoms with Gasteiger partial charge in [-0.15, -0.1) is 11.3 Å². The molecule has 0 saturated carbocycles. The van der Waals surface area contributed by atoms with Crippen LogP contribution in [0.4, 0.5) is 5.69 Å². The molecule has 1 aromatic heterocycles. The molecule has 5 nitrogen and oxygen atoms in total. The van der Waals surface area contributed by atoms with Crippen LogP contribution in [0, 0.1) is 0 Å². The zero-order valence-electron chi connectivity index (χ0n) is 15.1. The Bertz CT molecular complexity index is 950. The summed E-state index contributed by atoms with van der Waals surface area (Å²) in [7, 11) is 0. The number of ether oxygens (including phenoxy) is 1. The maximum atomic E-state index is 12.6. The van der Waals surface area contributed by atoms with Crippen LogP contribution in [0.5, 0.6) is 0 Å². The Morgan fingerprint density at radius 3 is 2.81 bits per heavy atom. The van der Waals surface area contributed by atoms with Crippen LogP contribution >= 0.6 is 23.1 Å².